The van der Waals surface area contributed by atoms with E-state index >= 15 is 0 Å². The highest BCUT2D eigenvalue weighted by Crippen LogP contribution is 2.11. The molecule has 0 amide bonds. The van der Waals surface area contributed by atoms with Gasteiger partial charge in [-0.2, -0.15) is 0 Å². The molecule has 0 N–H and O–H groups in total. The predicted octanol–water partition coefficient (Wildman–Crippen LogP) is 3.91. The maximum atomic E-state index is 4.01. The minimum Gasteiger partial charge on any atom is -0.0999 e. The molecule has 0 radical (unpaired) electrons. The van der Waals surface area contributed by atoms with Crippen LogP contribution in [0.25, 0.3) is 0 Å². The maximum absolute atomic E-state index is 4.01. The fourth-order valence-corrected chi connectivity index (χ4v) is 1.15. The standard InChI is InChI=1S/C9H17Br/c1-3-4-6-9(2)7-5-8-10/h2-8H2,1H3. The molecule has 0 spiro atoms. The number of unbranched alkanes of at least 4 members (excludes halogenated alkanes) is 1. The Labute approximate surface area is 72.8 Å². The lowest BCUT2D eigenvalue weighted by molar-refractivity contribution is 0.749. The fourth-order valence-electron chi connectivity index (χ4n) is 0.869. The van der Waals surface area contributed by atoms with Gasteiger partial charge in [0, 0.05) is 5.33 Å². The largest absolute Gasteiger partial charge is 0.0999 e. The van der Waals surface area contributed by atoms with Crippen molar-refractivity contribution >= 4 is 15.9 Å². The molecule has 0 rings (SSSR count). The average Bonchev–Trinajstić information content (AvgIpc) is 1.97. The van der Waals surface area contributed by atoms with Crippen molar-refractivity contribution in [3.8, 4) is 0 Å². The zero-order chi connectivity index (χ0) is 7.82. The summed E-state index contributed by atoms with van der Waals surface area (Å²) in [5, 5.41) is 1.11. The van der Waals surface area contributed by atoms with Crippen molar-refractivity contribution in [2.75, 3.05) is 5.33 Å². The highest BCUT2D eigenvalue weighted by atomic mass is 79.9. The van der Waals surface area contributed by atoms with Crippen molar-refractivity contribution in [3.63, 3.8) is 0 Å². The molecule has 60 valence electrons. The second-order valence-electron chi connectivity index (χ2n) is 2.65. The molecule has 0 saturated heterocycles. The van der Waals surface area contributed by atoms with Gasteiger partial charge in [-0.05, 0) is 25.7 Å². The van der Waals surface area contributed by atoms with Crippen molar-refractivity contribution < 1.29 is 0 Å². The topological polar surface area (TPSA) is 0 Å². The van der Waals surface area contributed by atoms with Crippen LogP contribution in [0.2, 0.25) is 0 Å². The van der Waals surface area contributed by atoms with E-state index in [1.807, 2.05) is 0 Å². The molecule has 10 heavy (non-hydrogen) atoms. The maximum Gasteiger partial charge on any atom is 0.00343 e. The van der Waals surface area contributed by atoms with E-state index in [4.69, 9.17) is 0 Å². The Bertz CT molecular complexity index is 76.7. The molecule has 0 fully saturated rings. The molecule has 0 unspecified atom stereocenters. The number of hydrogen-bond acceptors (Lipinski definition) is 0. The minimum absolute atomic E-state index is 1.11. The zero-order valence-corrected chi connectivity index (χ0v) is 8.41. The quantitative estimate of drug-likeness (QED) is 0.455. The third-order valence-electron chi connectivity index (χ3n) is 1.55. The molecule has 0 aliphatic carbocycles. The summed E-state index contributed by atoms with van der Waals surface area (Å²) in [5.41, 5.74) is 1.42. The van der Waals surface area contributed by atoms with Crippen LogP contribution < -0.4 is 0 Å². The van der Waals surface area contributed by atoms with Crippen molar-refractivity contribution in [1.29, 1.82) is 0 Å². The first-order valence-electron chi connectivity index (χ1n) is 4.04. The molecule has 0 aliphatic heterocycles. The van der Waals surface area contributed by atoms with Gasteiger partial charge >= 0.3 is 0 Å². The Morgan fingerprint density at radius 2 is 1.90 bits per heavy atom. The van der Waals surface area contributed by atoms with E-state index < -0.39 is 0 Å². The number of alkyl halides is 1. The third kappa shape index (κ3) is 6.34. The highest BCUT2D eigenvalue weighted by Gasteiger charge is 1.92. The second kappa shape index (κ2) is 7.33. The van der Waals surface area contributed by atoms with Crippen molar-refractivity contribution in [3.05, 3.63) is 12.2 Å². The van der Waals surface area contributed by atoms with E-state index in [2.05, 4.69) is 29.4 Å². The molecular weight excluding hydrogens is 188 g/mol. The van der Waals surface area contributed by atoms with E-state index in [0.29, 0.717) is 0 Å². The first-order valence-corrected chi connectivity index (χ1v) is 5.16. The zero-order valence-electron chi connectivity index (χ0n) is 6.83. The second-order valence-corrected chi connectivity index (χ2v) is 3.44. The summed E-state index contributed by atoms with van der Waals surface area (Å²) in [6, 6.07) is 0. The van der Waals surface area contributed by atoms with E-state index in [1.54, 1.807) is 0 Å². The van der Waals surface area contributed by atoms with Crippen molar-refractivity contribution in [1.82, 2.24) is 0 Å². The van der Waals surface area contributed by atoms with Crippen LogP contribution in [0, 0.1) is 0 Å². The summed E-state index contributed by atoms with van der Waals surface area (Å²) < 4.78 is 0. The van der Waals surface area contributed by atoms with Gasteiger partial charge in [-0.1, -0.05) is 41.4 Å². The average molecular weight is 205 g/mol. The van der Waals surface area contributed by atoms with Crippen LogP contribution in [0.15, 0.2) is 12.2 Å². The smallest absolute Gasteiger partial charge is 0.00343 e. The van der Waals surface area contributed by atoms with E-state index in [-0.39, 0.29) is 0 Å². The highest BCUT2D eigenvalue weighted by molar-refractivity contribution is 9.09. The Kier molecular flexibility index (Phi) is 7.49. The Balaban J connectivity index is 3.09. The summed E-state index contributed by atoms with van der Waals surface area (Å²) in [4.78, 5) is 0. The van der Waals surface area contributed by atoms with Crippen LogP contribution >= 0.6 is 15.9 Å². The van der Waals surface area contributed by atoms with Gasteiger partial charge in [0.1, 0.15) is 0 Å². The normalized spacial score (nSPS) is 9.80. The van der Waals surface area contributed by atoms with Gasteiger partial charge < -0.3 is 0 Å². The van der Waals surface area contributed by atoms with Crippen LogP contribution in [0.4, 0.5) is 0 Å². The summed E-state index contributed by atoms with van der Waals surface area (Å²) in [7, 11) is 0. The molecule has 0 atom stereocenters. The predicted molar refractivity (Wildman–Crippen MR) is 51.7 cm³/mol. The van der Waals surface area contributed by atoms with Crippen LogP contribution in [0.1, 0.15) is 39.0 Å². The Morgan fingerprint density at radius 1 is 1.30 bits per heavy atom. The number of hydrogen-bond donors (Lipinski definition) is 0. The van der Waals surface area contributed by atoms with Crippen LogP contribution in [-0.4, -0.2) is 5.33 Å². The lowest BCUT2D eigenvalue weighted by atomic mass is 10.1. The Morgan fingerprint density at radius 3 is 2.40 bits per heavy atom. The van der Waals surface area contributed by atoms with Gasteiger partial charge in [-0.15, -0.1) is 0 Å². The van der Waals surface area contributed by atoms with Crippen LogP contribution in [0.3, 0.4) is 0 Å². The van der Waals surface area contributed by atoms with Gasteiger partial charge in [-0.25, -0.2) is 0 Å². The van der Waals surface area contributed by atoms with Gasteiger partial charge in [-0.3, -0.25) is 0 Å². The molecular formula is C9H17Br. The molecule has 0 aromatic heterocycles. The Hall–Kier alpha value is 0.220. The first kappa shape index (κ1) is 10.2. The van der Waals surface area contributed by atoms with Gasteiger partial charge in [0.2, 0.25) is 0 Å². The van der Waals surface area contributed by atoms with Gasteiger partial charge in [0.15, 0.2) is 0 Å². The van der Waals surface area contributed by atoms with E-state index in [9.17, 15) is 0 Å². The molecule has 1 heteroatoms. The summed E-state index contributed by atoms with van der Waals surface area (Å²) in [6.07, 6.45) is 6.26. The van der Waals surface area contributed by atoms with Gasteiger partial charge in [0.05, 0.1) is 0 Å². The molecule has 0 nitrogen and oxygen atoms in total. The number of rotatable bonds is 6. The third-order valence-corrected chi connectivity index (χ3v) is 2.11. The molecule has 0 aromatic rings. The van der Waals surface area contributed by atoms with Crippen molar-refractivity contribution in [2.24, 2.45) is 0 Å². The molecule has 0 heterocycles. The monoisotopic (exact) mass is 204 g/mol. The molecule has 0 saturated carbocycles. The first-order chi connectivity index (χ1) is 4.81. The van der Waals surface area contributed by atoms with E-state index in [1.165, 1.54) is 37.7 Å². The molecule has 0 bridgehead atoms. The number of halogens is 1. The minimum atomic E-state index is 1.11. The van der Waals surface area contributed by atoms with Crippen molar-refractivity contribution in [2.45, 2.75) is 39.0 Å². The summed E-state index contributed by atoms with van der Waals surface area (Å²) >= 11 is 3.40. The SMILES string of the molecule is C=C(CCCC)CCCBr. The van der Waals surface area contributed by atoms with Crippen LogP contribution in [-0.2, 0) is 0 Å². The van der Waals surface area contributed by atoms with Crippen LogP contribution in [0.5, 0.6) is 0 Å². The molecule has 0 aromatic carbocycles. The van der Waals surface area contributed by atoms with Gasteiger partial charge in [0.25, 0.3) is 0 Å². The summed E-state index contributed by atoms with van der Waals surface area (Å²) in [5.74, 6) is 0. The lowest BCUT2D eigenvalue weighted by Gasteiger charge is -2.01. The number of allylic oxidation sites excluding steroid dienone is 1. The molecule has 0 aliphatic rings. The summed E-state index contributed by atoms with van der Waals surface area (Å²) in [6.45, 7) is 6.23. The van der Waals surface area contributed by atoms with E-state index in [0.717, 1.165) is 5.33 Å². The fraction of sp³-hybridized carbons (Fsp3) is 0.778. The lowest BCUT2D eigenvalue weighted by Crippen LogP contribution is -1.83.